The average molecular weight is 823 g/mol. The van der Waals surface area contributed by atoms with Gasteiger partial charge in [-0.25, -0.2) is 9.59 Å². The zero-order valence-electron chi connectivity index (χ0n) is 34.4. The highest BCUT2D eigenvalue weighted by atomic mass is 16.8. The molecule has 5 aliphatic carbocycles. The van der Waals surface area contributed by atoms with Gasteiger partial charge in [-0.15, -0.1) is 0 Å². The Hall–Kier alpha value is -2.54. The number of aliphatic carboxylic acids is 3. The molecule has 7 aliphatic rings. The number of aliphatic hydroxyl groups is 5. The number of fused-ring (bicyclic) bond motifs is 7. The number of allylic oxidation sites excluding steroid dienone is 2. The molecule has 0 radical (unpaired) electrons. The second kappa shape index (κ2) is 14.3. The van der Waals surface area contributed by atoms with Crippen molar-refractivity contribution in [3.8, 4) is 0 Å². The highest BCUT2D eigenvalue weighted by molar-refractivity contribution is 5.95. The molecular formula is C42H62O16. The number of aliphatic hydroxyl groups excluding tert-OH is 5. The van der Waals surface area contributed by atoms with Gasteiger partial charge in [0.05, 0.1) is 11.5 Å². The smallest absolute Gasteiger partial charge is 0.335 e. The molecule has 8 unspecified atom stereocenters. The van der Waals surface area contributed by atoms with Gasteiger partial charge in [-0.2, -0.15) is 0 Å². The zero-order chi connectivity index (χ0) is 42.9. The maximum atomic E-state index is 14.8. The second-order valence-electron chi connectivity index (χ2n) is 20.6. The largest absolute Gasteiger partial charge is 0.481 e. The summed E-state index contributed by atoms with van der Waals surface area (Å²) in [6.07, 6.45) is -12.2. The molecule has 7 rings (SSSR count). The molecule has 16 heteroatoms. The van der Waals surface area contributed by atoms with Gasteiger partial charge in [0.2, 0.25) is 0 Å². The van der Waals surface area contributed by atoms with Crippen LogP contribution >= 0.6 is 0 Å². The molecule has 4 saturated carbocycles. The van der Waals surface area contributed by atoms with E-state index in [2.05, 4.69) is 27.7 Å². The normalized spacial score (nSPS) is 52.6. The first-order valence-electron chi connectivity index (χ1n) is 20.7. The van der Waals surface area contributed by atoms with Gasteiger partial charge in [-0.3, -0.25) is 9.59 Å². The quantitative estimate of drug-likeness (QED) is 0.171. The van der Waals surface area contributed by atoms with Crippen molar-refractivity contribution in [3.05, 3.63) is 11.6 Å². The molecule has 0 aromatic rings. The fourth-order valence-electron chi connectivity index (χ4n) is 13.4. The molecule has 0 amide bonds. The van der Waals surface area contributed by atoms with Crippen molar-refractivity contribution in [3.63, 3.8) is 0 Å². The average Bonchev–Trinajstić information content (AvgIpc) is 3.13. The van der Waals surface area contributed by atoms with Crippen LogP contribution in [0.5, 0.6) is 0 Å². The van der Waals surface area contributed by atoms with Crippen molar-refractivity contribution < 1.29 is 79.0 Å². The molecule has 2 heterocycles. The van der Waals surface area contributed by atoms with Gasteiger partial charge in [-0.1, -0.05) is 47.1 Å². The molecule has 6 fully saturated rings. The van der Waals surface area contributed by atoms with E-state index in [0.717, 1.165) is 37.7 Å². The van der Waals surface area contributed by atoms with E-state index in [1.165, 1.54) is 0 Å². The number of carbonyl (C=O) groups excluding carboxylic acids is 1. The summed E-state index contributed by atoms with van der Waals surface area (Å²) in [5, 5.41) is 83.0. The first kappa shape index (κ1) is 43.5. The van der Waals surface area contributed by atoms with Crippen LogP contribution in [-0.4, -0.2) is 132 Å². The summed E-state index contributed by atoms with van der Waals surface area (Å²) in [4.78, 5) is 51.3. The zero-order valence-corrected chi connectivity index (χ0v) is 34.4. The van der Waals surface area contributed by atoms with Gasteiger partial charge in [0.15, 0.2) is 30.6 Å². The summed E-state index contributed by atoms with van der Waals surface area (Å²) in [6, 6.07) is 0. The van der Waals surface area contributed by atoms with Crippen molar-refractivity contribution in [2.24, 2.45) is 50.2 Å². The number of ether oxygens (including phenoxy) is 4. The summed E-state index contributed by atoms with van der Waals surface area (Å²) in [5.41, 5.74) is -1.81. The Labute approximate surface area is 337 Å². The maximum absolute atomic E-state index is 14.8. The summed E-state index contributed by atoms with van der Waals surface area (Å²) in [6.45, 7) is 14.8. The third kappa shape index (κ3) is 6.25. The number of ketones is 1. The molecule has 0 aromatic carbocycles. The standard InChI is InChI=1S/C42H62O16/c1-37(2)21-8-11-42(7)31(20(43)16-18-19-17-39(4,36(53)54)13-12-38(19,3)14-15-41(18,42)6)40(21,5)10-9-22(37)55-35-30(26(47)25(46)29(57-35)33(51)52)58-34-27(48)23(44)24(45)28(56-34)32(49)50/h16,19,21-31,34-35,44-48H,8-15,17H2,1-7H3,(H,49,50)(H,51,52)(H,53,54)/t19-,21-,22-,23-,24?,25?,26-,27?,28?,29?,30?,31+,34?,35?,38+,39-,40-,41+,42+/m0/s1. The summed E-state index contributed by atoms with van der Waals surface area (Å²) >= 11 is 0. The Morgan fingerprint density at radius 1 is 0.690 bits per heavy atom. The third-order valence-corrected chi connectivity index (χ3v) is 17.2. The molecular weight excluding hydrogens is 760 g/mol. The molecule has 19 atom stereocenters. The summed E-state index contributed by atoms with van der Waals surface area (Å²) in [7, 11) is 0. The Bertz CT molecular complexity index is 1730. The van der Waals surface area contributed by atoms with Crippen LogP contribution in [0.25, 0.3) is 0 Å². The molecule has 8 N–H and O–H groups in total. The Morgan fingerprint density at radius 2 is 1.28 bits per heavy atom. The molecule has 2 aliphatic heterocycles. The van der Waals surface area contributed by atoms with Crippen molar-refractivity contribution in [1.82, 2.24) is 0 Å². The van der Waals surface area contributed by atoms with Crippen LogP contribution in [0, 0.1) is 50.2 Å². The van der Waals surface area contributed by atoms with Crippen molar-refractivity contribution in [1.29, 1.82) is 0 Å². The van der Waals surface area contributed by atoms with Crippen LogP contribution < -0.4 is 0 Å². The topological polar surface area (TPSA) is 267 Å². The van der Waals surface area contributed by atoms with Crippen molar-refractivity contribution in [2.75, 3.05) is 0 Å². The van der Waals surface area contributed by atoms with Gasteiger partial charge in [0.1, 0.15) is 36.6 Å². The SMILES string of the molecule is CC1(C)[C@@H](OC2OC(C(=O)O)C(O)[C@H](O)C2OC2OC(C(=O)O)C(O)[C@H](O)C2O)CC[C@]2(C)[C@H]3C(=O)C=C4[C@@H]5C[C@@](C)(C(=O)O)CC[C@]5(C)CC[C@@]4(C)[C@]3(C)CC[C@@H]12. The molecule has 2 saturated heterocycles. The second-order valence-corrected chi connectivity index (χ2v) is 20.6. The maximum Gasteiger partial charge on any atom is 0.335 e. The van der Waals surface area contributed by atoms with E-state index in [4.69, 9.17) is 18.9 Å². The molecule has 16 nitrogen and oxygen atoms in total. The van der Waals surface area contributed by atoms with E-state index in [0.29, 0.717) is 25.7 Å². The van der Waals surface area contributed by atoms with Crippen LogP contribution in [0.4, 0.5) is 0 Å². The minimum Gasteiger partial charge on any atom is -0.481 e. The number of hydrogen-bond acceptors (Lipinski definition) is 13. The molecule has 58 heavy (non-hydrogen) atoms. The van der Waals surface area contributed by atoms with E-state index < -0.39 is 107 Å². The minimum absolute atomic E-state index is 0.0217. The number of carboxylic acid groups (broad SMARTS) is 3. The number of hydrogen-bond donors (Lipinski definition) is 8. The van der Waals surface area contributed by atoms with Crippen LogP contribution in [0.2, 0.25) is 0 Å². The number of carboxylic acids is 3. The van der Waals surface area contributed by atoms with E-state index in [-0.39, 0.29) is 34.4 Å². The first-order valence-corrected chi connectivity index (χ1v) is 20.7. The van der Waals surface area contributed by atoms with Crippen molar-refractivity contribution >= 4 is 23.7 Å². The minimum atomic E-state index is -2.05. The molecule has 0 spiro atoms. The van der Waals surface area contributed by atoms with Gasteiger partial charge < -0.3 is 59.8 Å². The van der Waals surface area contributed by atoms with Crippen LogP contribution in [0.3, 0.4) is 0 Å². The fraction of sp³-hybridized carbons (Fsp3) is 0.857. The van der Waals surface area contributed by atoms with Crippen LogP contribution in [0.1, 0.15) is 106 Å². The lowest BCUT2D eigenvalue weighted by Gasteiger charge is -2.70. The number of rotatable bonds is 7. The Balaban J connectivity index is 1.17. The van der Waals surface area contributed by atoms with E-state index in [1.54, 1.807) is 0 Å². The third-order valence-electron chi connectivity index (χ3n) is 17.2. The fourth-order valence-corrected chi connectivity index (χ4v) is 13.4. The van der Waals surface area contributed by atoms with Gasteiger partial charge in [0, 0.05) is 5.92 Å². The summed E-state index contributed by atoms with van der Waals surface area (Å²) < 4.78 is 23.4. The van der Waals surface area contributed by atoms with E-state index in [9.17, 15) is 60.0 Å². The lowest BCUT2D eigenvalue weighted by Crippen LogP contribution is -2.68. The molecule has 0 bridgehead atoms. The lowest BCUT2D eigenvalue weighted by atomic mass is 9.33. The van der Waals surface area contributed by atoms with Crippen molar-refractivity contribution in [2.45, 2.75) is 174 Å². The highest BCUT2D eigenvalue weighted by Crippen LogP contribution is 2.75. The molecule has 0 aromatic heterocycles. The van der Waals surface area contributed by atoms with E-state index in [1.807, 2.05) is 26.8 Å². The highest BCUT2D eigenvalue weighted by Gasteiger charge is 2.71. The predicted octanol–water partition coefficient (Wildman–Crippen LogP) is 2.25. The Morgan fingerprint density at radius 3 is 1.88 bits per heavy atom. The van der Waals surface area contributed by atoms with Crippen LogP contribution in [0.15, 0.2) is 11.6 Å². The van der Waals surface area contributed by atoms with Gasteiger partial charge in [-0.05, 0) is 110 Å². The van der Waals surface area contributed by atoms with Crippen LogP contribution in [-0.2, 0) is 38.1 Å². The van der Waals surface area contributed by atoms with Gasteiger partial charge in [0.25, 0.3) is 0 Å². The van der Waals surface area contributed by atoms with E-state index >= 15 is 0 Å². The molecule has 326 valence electrons. The number of carbonyl (C=O) groups is 4. The lowest BCUT2D eigenvalue weighted by molar-refractivity contribution is -0.371. The summed E-state index contributed by atoms with van der Waals surface area (Å²) in [5.74, 6) is -4.47. The first-order chi connectivity index (χ1) is 26.8. The predicted molar refractivity (Wildman–Crippen MR) is 199 cm³/mol. The Kier molecular flexibility index (Phi) is 10.7. The monoisotopic (exact) mass is 822 g/mol. The van der Waals surface area contributed by atoms with Gasteiger partial charge >= 0.3 is 17.9 Å².